The number of fused-ring (bicyclic) bond motifs is 5. The van der Waals surface area contributed by atoms with Gasteiger partial charge in [-0.15, -0.1) is 0 Å². The van der Waals surface area contributed by atoms with Crippen molar-refractivity contribution in [3.8, 4) is 0 Å². The van der Waals surface area contributed by atoms with Gasteiger partial charge in [0.1, 0.15) is 17.6 Å². The van der Waals surface area contributed by atoms with Gasteiger partial charge in [0.05, 0.1) is 13.6 Å². The van der Waals surface area contributed by atoms with E-state index < -0.39 is 0 Å². The fourth-order valence-corrected chi connectivity index (χ4v) is 5.42. The third-order valence-corrected chi connectivity index (χ3v) is 6.46. The SMILES string of the molecule is C[N+]12CCCCC1c1ccnc3c1CCc1ccc(F)cc1C32. The van der Waals surface area contributed by atoms with Crippen LogP contribution in [0.3, 0.4) is 0 Å². The van der Waals surface area contributed by atoms with Gasteiger partial charge < -0.3 is 4.48 Å². The maximum Gasteiger partial charge on any atom is 0.158 e. The van der Waals surface area contributed by atoms with Crippen LogP contribution in [0.2, 0.25) is 0 Å². The Morgan fingerprint density at radius 3 is 2.96 bits per heavy atom. The molecule has 0 radical (unpaired) electrons. The molecule has 1 saturated heterocycles. The first-order chi connectivity index (χ1) is 11.2. The van der Waals surface area contributed by atoms with E-state index in [1.165, 1.54) is 47.2 Å². The monoisotopic (exact) mass is 309 g/mol. The number of benzene rings is 1. The molecule has 118 valence electrons. The Balaban J connectivity index is 1.84. The van der Waals surface area contributed by atoms with Crippen LogP contribution in [0.15, 0.2) is 30.5 Å². The Bertz CT molecular complexity index is 800. The van der Waals surface area contributed by atoms with E-state index in [9.17, 15) is 4.39 Å². The molecule has 0 N–H and O–H groups in total. The highest BCUT2D eigenvalue weighted by Gasteiger charge is 2.51. The summed E-state index contributed by atoms with van der Waals surface area (Å²) in [6.07, 6.45) is 7.83. The molecule has 5 rings (SSSR count). The molecule has 1 aromatic heterocycles. The van der Waals surface area contributed by atoms with Crippen LogP contribution in [0.1, 0.15) is 59.3 Å². The molecule has 3 aliphatic rings. The van der Waals surface area contributed by atoms with Crippen LogP contribution in [0.25, 0.3) is 0 Å². The number of pyridine rings is 1. The van der Waals surface area contributed by atoms with E-state index >= 15 is 0 Å². The zero-order chi connectivity index (χ0) is 15.6. The molecule has 0 saturated carbocycles. The summed E-state index contributed by atoms with van der Waals surface area (Å²) in [5.74, 6) is -0.117. The number of hydrogen-bond acceptors (Lipinski definition) is 1. The van der Waals surface area contributed by atoms with E-state index in [1.807, 2.05) is 12.3 Å². The topological polar surface area (TPSA) is 12.9 Å². The van der Waals surface area contributed by atoms with Gasteiger partial charge in [0, 0.05) is 23.7 Å². The van der Waals surface area contributed by atoms with Crippen molar-refractivity contribution in [3.05, 3.63) is 64.2 Å². The molecule has 2 nitrogen and oxygen atoms in total. The van der Waals surface area contributed by atoms with Gasteiger partial charge in [-0.25, -0.2) is 4.39 Å². The quantitative estimate of drug-likeness (QED) is 0.668. The third-order valence-electron chi connectivity index (χ3n) is 6.46. The second-order valence-corrected chi connectivity index (χ2v) is 7.59. The van der Waals surface area contributed by atoms with Crippen LogP contribution in [-0.2, 0) is 12.8 Å². The van der Waals surface area contributed by atoms with Crippen LogP contribution < -0.4 is 0 Å². The van der Waals surface area contributed by atoms with E-state index in [-0.39, 0.29) is 11.9 Å². The van der Waals surface area contributed by atoms with Crippen LogP contribution in [0, 0.1) is 5.82 Å². The Morgan fingerprint density at radius 2 is 2.04 bits per heavy atom. The zero-order valence-electron chi connectivity index (χ0n) is 13.6. The van der Waals surface area contributed by atoms with Gasteiger partial charge in [0.25, 0.3) is 0 Å². The third kappa shape index (κ3) is 1.74. The van der Waals surface area contributed by atoms with E-state index in [2.05, 4.69) is 13.1 Å². The molecule has 23 heavy (non-hydrogen) atoms. The fourth-order valence-electron chi connectivity index (χ4n) is 5.42. The highest BCUT2D eigenvalue weighted by atomic mass is 19.1. The van der Waals surface area contributed by atoms with Crippen LogP contribution in [0.5, 0.6) is 0 Å². The number of halogens is 1. The molecule has 4 bridgehead atoms. The van der Waals surface area contributed by atoms with E-state index in [1.54, 1.807) is 12.1 Å². The van der Waals surface area contributed by atoms with Crippen molar-refractivity contribution in [1.29, 1.82) is 0 Å². The van der Waals surface area contributed by atoms with Crippen LogP contribution >= 0.6 is 0 Å². The lowest BCUT2D eigenvalue weighted by molar-refractivity contribution is -0.969. The molecule has 2 aliphatic heterocycles. The predicted octanol–water partition coefficient (Wildman–Crippen LogP) is 4.09. The number of aryl methyl sites for hydroxylation is 1. The lowest BCUT2D eigenvalue weighted by Crippen LogP contribution is -2.55. The number of nitrogens with zero attached hydrogens (tertiary/aromatic N) is 2. The summed E-state index contributed by atoms with van der Waals surface area (Å²) in [5.41, 5.74) is 6.68. The number of rotatable bonds is 0. The molecule has 1 aromatic carbocycles. The van der Waals surface area contributed by atoms with Gasteiger partial charge in [-0.1, -0.05) is 6.07 Å². The number of quaternary nitrogens is 1. The first-order valence-electron chi connectivity index (χ1n) is 8.79. The number of piperidine rings is 1. The van der Waals surface area contributed by atoms with Crippen LogP contribution in [-0.4, -0.2) is 23.1 Å². The summed E-state index contributed by atoms with van der Waals surface area (Å²) in [7, 11) is 2.37. The van der Waals surface area contributed by atoms with Crippen molar-refractivity contribution in [1.82, 2.24) is 4.98 Å². The van der Waals surface area contributed by atoms with E-state index in [4.69, 9.17) is 4.98 Å². The predicted molar refractivity (Wildman–Crippen MR) is 87.5 cm³/mol. The van der Waals surface area contributed by atoms with E-state index in [0.717, 1.165) is 23.9 Å². The van der Waals surface area contributed by atoms with Crippen molar-refractivity contribution in [2.45, 2.75) is 44.2 Å². The Morgan fingerprint density at radius 1 is 1.13 bits per heavy atom. The van der Waals surface area contributed by atoms with Crippen molar-refractivity contribution in [3.63, 3.8) is 0 Å². The molecule has 0 amide bonds. The smallest absolute Gasteiger partial charge is 0.158 e. The minimum absolute atomic E-state index is 0.117. The largest absolute Gasteiger partial charge is 0.309 e. The van der Waals surface area contributed by atoms with Crippen molar-refractivity contribution >= 4 is 0 Å². The van der Waals surface area contributed by atoms with E-state index in [0.29, 0.717) is 6.04 Å². The van der Waals surface area contributed by atoms with Crippen molar-refractivity contribution in [2.24, 2.45) is 0 Å². The summed E-state index contributed by atoms with van der Waals surface area (Å²) in [6.45, 7) is 1.16. The zero-order valence-corrected chi connectivity index (χ0v) is 13.6. The summed E-state index contributed by atoms with van der Waals surface area (Å²) >= 11 is 0. The molecule has 1 aliphatic carbocycles. The molecule has 3 heterocycles. The van der Waals surface area contributed by atoms with Gasteiger partial charge in [-0.2, -0.15) is 0 Å². The maximum absolute atomic E-state index is 14.0. The first-order valence-corrected chi connectivity index (χ1v) is 8.79. The van der Waals surface area contributed by atoms with Gasteiger partial charge in [0.15, 0.2) is 6.04 Å². The first kappa shape index (κ1) is 13.7. The van der Waals surface area contributed by atoms with Gasteiger partial charge in [-0.3, -0.25) is 4.98 Å². The molecular formula is C20H22FN2+. The van der Waals surface area contributed by atoms with Crippen molar-refractivity contribution in [2.75, 3.05) is 13.6 Å². The maximum atomic E-state index is 14.0. The molecule has 3 atom stereocenters. The van der Waals surface area contributed by atoms with Crippen molar-refractivity contribution < 1.29 is 8.87 Å². The van der Waals surface area contributed by atoms with Crippen LogP contribution in [0.4, 0.5) is 4.39 Å². The Kier molecular flexibility index (Phi) is 2.76. The standard InChI is InChI=1S/C20H22FN2/c1-23-11-3-2-4-18(23)15-9-10-22-19-16(15)8-6-13-5-7-14(21)12-17(13)20(19)23/h5,7,9-10,12,18,20H,2-4,6,8,11H2,1H3/q+1. The fraction of sp³-hybridized carbons (Fsp3) is 0.450. The summed E-state index contributed by atoms with van der Waals surface area (Å²) < 4.78 is 15.0. The Labute approximate surface area is 136 Å². The minimum atomic E-state index is -0.117. The molecular weight excluding hydrogens is 287 g/mol. The molecule has 3 unspecified atom stereocenters. The second-order valence-electron chi connectivity index (χ2n) is 7.59. The molecule has 3 heteroatoms. The normalized spacial score (nSPS) is 31.0. The highest BCUT2D eigenvalue weighted by molar-refractivity contribution is 5.46. The van der Waals surface area contributed by atoms with Gasteiger partial charge >= 0.3 is 0 Å². The summed E-state index contributed by atoms with van der Waals surface area (Å²) in [4.78, 5) is 4.80. The number of aromatic nitrogens is 1. The van der Waals surface area contributed by atoms with Gasteiger partial charge in [0.2, 0.25) is 0 Å². The lowest BCUT2D eigenvalue weighted by atomic mass is 9.80. The molecule has 1 fully saturated rings. The molecule has 0 spiro atoms. The summed E-state index contributed by atoms with van der Waals surface area (Å²) in [6, 6.07) is 8.40. The average molecular weight is 309 g/mol. The highest BCUT2D eigenvalue weighted by Crippen LogP contribution is 2.53. The minimum Gasteiger partial charge on any atom is -0.309 e. The summed E-state index contributed by atoms with van der Waals surface area (Å²) in [5, 5.41) is 0. The van der Waals surface area contributed by atoms with Gasteiger partial charge in [-0.05, 0) is 55.0 Å². The molecule has 2 aromatic rings. The Hall–Kier alpha value is -1.74. The average Bonchev–Trinajstić information content (AvgIpc) is 2.68. The number of hydrogen-bond donors (Lipinski definition) is 0. The second kappa shape index (κ2) is 4.64. The lowest BCUT2D eigenvalue weighted by Gasteiger charge is -2.53.